The summed E-state index contributed by atoms with van der Waals surface area (Å²) in [4.78, 5) is 0. The predicted molar refractivity (Wildman–Crippen MR) is 88.3 cm³/mol. The van der Waals surface area contributed by atoms with Gasteiger partial charge in [-0.25, -0.2) is 0 Å². The first kappa shape index (κ1) is 16.6. The number of hydrogen-bond donors (Lipinski definition) is 0. The standard InChI is InChI=1S/C15H22Cl2OSi/c1-12(2)11-19-10-6-5-8-13-7-3-4-9-14(13)18-15(16)17/h3-4,7,9,11,15H,5-6,8,10,19H2,1-2H3. The molecule has 0 atom stereocenters. The van der Waals surface area contributed by atoms with E-state index in [1.165, 1.54) is 30.0 Å². The van der Waals surface area contributed by atoms with Gasteiger partial charge in [-0.2, -0.15) is 0 Å². The number of hydrogen-bond acceptors (Lipinski definition) is 1. The van der Waals surface area contributed by atoms with Crippen LogP contribution in [0.4, 0.5) is 0 Å². The van der Waals surface area contributed by atoms with Crippen LogP contribution >= 0.6 is 23.2 Å². The molecule has 0 aliphatic rings. The molecule has 0 aliphatic carbocycles. The van der Waals surface area contributed by atoms with Crippen LogP contribution in [0.1, 0.15) is 32.3 Å². The topological polar surface area (TPSA) is 9.23 Å². The van der Waals surface area contributed by atoms with Gasteiger partial charge in [-0.3, -0.25) is 0 Å². The molecule has 19 heavy (non-hydrogen) atoms. The molecule has 0 saturated carbocycles. The molecule has 0 radical (unpaired) electrons. The molecule has 0 amide bonds. The van der Waals surface area contributed by atoms with Crippen LogP contribution in [0.3, 0.4) is 0 Å². The van der Waals surface area contributed by atoms with E-state index in [-0.39, 0.29) is 9.52 Å². The van der Waals surface area contributed by atoms with Gasteiger partial charge in [0.25, 0.3) is 0 Å². The van der Waals surface area contributed by atoms with Gasteiger partial charge in [0.05, 0.1) is 0 Å². The monoisotopic (exact) mass is 316 g/mol. The molecular formula is C15H22Cl2OSi. The van der Waals surface area contributed by atoms with Crippen LogP contribution in [0, 0.1) is 0 Å². The Morgan fingerprint density at radius 3 is 2.68 bits per heavy atom. The van der Waals surface area contributed by atoms with E-state index in [9.17, 15) is 0 Å². The van der Waals surface area contributed by atoms with Crippen molar-refractivity contribution in [1.29, 1.82) is 0 Å². The normalized spacial score (nSPS) is 11.2. The minimum absolute atomic E-state index is 0.000377. The Morgan fingerprint density at radius 2 is 2.00 bits per heavy atom. The molecule has 1 aromatic carbocycles. The third-order valence-electron chi connectivity index (χ3n) is 2.89. The van der Waals surface area contributed by atoms with E-state index in [1.54, 1.807) is 0 Å². The summed E-state index contributed by atoms with van der Waals surface area (Å²) in [5, 5.41) is -0.800. The van der Waals surface area contributed by atoms with Crippen molar-refractivity contribution in [3.05, 3.63) is 41.1 Å². The Hall–Kier alpha value is -0.443. The third-order valence-corrected chi connectivity index (χ3v) is 5.08. The molecule has 0 unspecified atom stereocenters. The zero-order chi connectivity index (χ0) is 14.1. The lowest BCUT2D eigenvalue weighted by Gasteiger charge is -2.11. The van der Waals surface area contributed by atoms with Gasteiger partial charge >= 0.3 is 0 Å². The van der Waals surface area contributed by atoms with Crippen molar-refractivity contribution in [2.45, 2.75) is 44.2 Å². The summed E-state index contributed by atoms with van der Waals surface area (Å²) in [6, 6.07) is 9.35. The summed E-state index contributed by atoms with van der Waals surface area (Å²) in [6.45, 7) is 4.35. The van der Waals surface area contributed by atoms with Gasteiger partial charge in [-0.1, -0.05) is 59.4 Å². The molecular weight excluding hydrogens is 295 g/mol. The van der Waals surface area contributed by atoms with E-state index >= 15 is 0 Å². The average molecular weight is 317 g/mol. The van der Waals surface area contributed by atoms with Gasteiger partial charge < -0.3 is 4.74 Å². The van der Waals surface area contributed by atoms with Crippen molar-refractivity contribution in [2.24, 2.45) is 0 Å². The molecule has 106 valence electrons. The maximum atomic E-state index is 5.66. The number of para-hydroxylation sites is 1. The van der Waals surface area contributed by atoms with E-state index in [0.29, 0.717) is 0 Å². The van der Waals surface area contributed by atoms with Crippen molar-refractivity contribution < 1.29 is 4.74 Å². The Kier molecular flexibility index (Phi) is 8.27. The molecule has 4 heteroatoms. The molecule has 0 saturated heterocycles. The number of aryl methyl sites for hydroxylation is 1. The molecule has 0 bridgehead atoms. The van der Waals surface area contributed by atoms with Gasteiger partial charge in [-0.05, 0) is 38.3 Å². The van der Waals surface area contributed by atoms with Crippen molar-refractivity contribution in [3.8, 4) is 5.75 Å². The van der Waals surface area contributed by atoms with E-state index < -0.39 is 5.02 Å². The smallest absolute Gasteiger partial charge is 0.247 e. The number of unbranched alkanes of at least 4 members (excludes halogenated alkanes) is 1. The molecule has 0 aliphatic heterocycles. The second kappa shape index (κ2) is 9.46. The molecule has 0 spiro atoms. The number of benzene rings is 1. The summed E-state index contributed by atoms with van der Waals surface area (Å²) in [5.74, 6) is 0.805. The average Bonchev–Trinajstić information content (AvgIpc) is 2.34. The highest BCUT2D eigenvalue weighted by molar-refractivity contribution is 6.43. The van der Waals surface area contributed by atoms with Crippen LogP contribution < -0.4 is 4.74 Å². The maximum absolute atomic E-state index is 5.66. The Morgan fingerprint density at radius 1 is 1.26 bits per heavy atom. The Balaban J connectivity index is 2.34. The zero-order valence-electron chi connectivity index (χ0n) is 11.7. The first-order chi connectivity index (χ1) is 9.09. The fourth-order valence-electron chi connectivity index (χ4n) is 1.95. The van der Waals surface area contributed by atoms with E-state index in [1.807, 2.05) is 18.2 Å². The van der Waals surface area contributed by atoms with E-state index in [0.717, 1.165) is 12.2 Å². The van der Waals surface area contributed by atoms with Crippen LogP contribution in [0.15, 0.2) is 35.5 Å². The largest absolute Gasteiger partial charge is 0.460 e. The summed E-state index contributed by atoms with van der Waals surface area (Å²) < 4.78 is 5.39. The molecule has 0 heterocycles. The van der Waals surface area contributed by atoms with Crippen molar-refractivity contribution in [3.63, 3.8) is 0 Å². The molecule has 1 rings (SSSR count). The van der Waals surface area contributed by atoms with Crippen molar-refractivity contribution in [2.75, 3.05) is 0 Å². The van der Waals surface area contributed by atoms with Crippen molar-refractivity contribution >= 4 is 32.7 Å². The highest BCUT2D eigenvalue weighted by atomic mass is 35.5. The van der Waals surface area contributed by atoms with Crippen LogP contribution in [-0.2, 0) is 6.42 Å². The van der Waals surface area contributed by atoms with Crippen LogP contribution in [0.2, 0.25) is 6.04 Å². The lowest BCUT2D eigenvalue weighted by Crippen LogP contribution is -2.02. The van der Waals surface area contributed by atoms with Gasteiger partial charge in [0.1, 0.15) is 5.75 Å². The summed E-state index contributed by atoms with van der Waals surface area (Å²) in [5.41, 5.74) is 5.08. The number of allylic oxidation sites excluding steroid dienone is 1. The molecule has 1 aromatic rings. The maximum Gasteiger partial charge on any atom is 0.247 e. The molecule has 0 N–H and O–H groups in total. The Bertz CT molecular complexity index is 401. The number of alkyl halides is 2. The SMILES string of the molecule is CC(C)=C[SiH2]CCCCc1ccccc1OC(Cl)Cl. The first-order valence-corrected chi connectivity index (χ1v) is 9.44. The van der Waals surface area contributed by atoms with Crippen LogP contribution in [0.5, 0.6) is 5.75 Å². The zero-order valence-corrected chi connectivity index (χ0v) is 14.6. The van der Waals surface area contributed by atoms with Gasteiger partial charge in [0.2, 0.25) is 5.02 Å². The highest BCUT2D eigenvalue weighted by Crippen LogP contribution is 2.23. The molecule has 1 nitrogen and oxygen atoms in total. The predicted octanol–water partition coefficient (Wildman–Crippen LogP) is 4.66. The number of ether oxygens (including phenoxy) is 1. The van der Waals surface area contributed by atoms with E-state index in [2.05, 4.69) is 25.6 Å². The van der Waals surface area contributed by atoms with E-state index in [4.69, 9.17) is 27.9 Å². The summed E-state index contributed by atoms with van der Waals surface area (Å²) in [6.07, 6.45) is 3.51. The van der Waals surface area contributed by atoms with Crippen LogP contribution in [0.25, 0.3) is 0 Å². The lowest BCUT2D eigenvalue weighted by atomic mass is 10.1. The van der Waals surface area contributed by atoms with Gasteiger partial charge in [0.15, 0.2) is 0 Å². The third kappa shape index (κ3) is 7.66. The minimum Gasteiger partial charge on any atom is -0.460 e. The van der Waals surface area contributed by atoms with Crippen molar-refractivity contribution in [1.82, 2.24) is 0 Å². The summed E-state index contributed by atoms with van der Waals surface area (Å²) in [7, 11) is 0.000377. The first-order valence-electron chi connectivity index (χ1n) is 6.75. The fraction of sp³-hybridized carbons (Fsp3) is 0.467. The highest BCUT2D eigenvalue weighted by Gasteiger charge is 2.06. The van der Waals surface area contributed by atoms with Gasteiger partial charge in [-0.15, -0.1) is 5.70 Å². The molecule has 0 aromatic heterocycles. The second-order valence-electron chi connectivity index (χ2n) is 4.87. The quantitative estimate of drug-likeness (QED) is 0.385. The summed E-state index contributed by atoms with van der Waals surface area (Å²) >= 11 is 11.3. The number of halogens is 2. The number of rotatable bonds is 8. The van der Waals surface area contributed by atoms with Crippen LogP contribution in [-0.4, -0.2) is 14.5 Å². The Labute approximate surface area is 128 Å². The van der Waals surface area contributed by atoms with Gasteiger partial charge in [0, 0.05) is 9.52 Å². The second-order valence-corrected chi connectivity index (χ2v) is 7.58. The lowest BCUT2D eigenvalue weighted by molar-refractivity contribution is 0.350. The fourth-order valence-corrected chi connectivity index (χ4v) is 3.56. The molecule has 0 fully saturated rings. The minimum atomic E-state index is -0.800.